The summed E-state index contributed by atoms with van der Waals surface area (Å²) >= 11 is 0. The molecule has 0 unspecified atom stereocenters. The van der Waals surface area contributed by atoms with Crippen molar-refractivity contribution in [2.45, 2.75) is 26.3 Å². The van der Waals surface area contributed by atoms with Gasteiger partial charge in [0.05, 0.1) is 5.52 Å². The number of aromatic amines is 1. The number of aromatic nitrogens is 3. The molecular weight excluding hydrogens is 260 g/mol. The molecule has 0 amide bonds. The Kier molecular flexibility index (Phi) is 4.26. The Morgan fingerprint density at radius 1 is 1.24 bits per heavy atom. The van der Waals surface area contributed by atoms with Gasteiger partial charge in [0.15, 0.2) is 0 Å². The lowest BCUT2D eigenvalue weighted by Crippen LogP contribution is -2.16. The van der Waals surface area contributed by atoms with E-state index in [2.05, 4.69) is 44.5 Å². The molecule has 3 aromatic rings. The fourth-order valence-electron chi connectivity index (χ4n) is 2.58. The lowest BCUT2D eigenvalue weighted by Gasteiger charge is -2.09. The smallest absolute Gasteiger partial charge is 0.106 e. The van der Waals surface area contributed by atoms with E-state index in [9.17, 15) is 0 Å². The molecule has 0 saturated carbocycles. The van der Waals surface area contributed by atoms with E-state index in [1.54, 1.807) is 6.20 Å². The van der Waals surface area contributed by atoms with Crippen molar-refractivity contribution in [1.29, 1.82) is 0 Å². The van der Waals surface area contributed by atoms with Gasteiger partial charge in [0.1, 0.15) is 5.82 Å². The van der Waals surface area contributed by atoms with Gasteiger partial charge in [-0.05, 0) is 37.6 Å². The molecule has 108 valence electrons. The SMILES string of the molecule is Cc1cc(CNCCCc2ncc[nH]2)c2ccccc2n1. The van der Waals surface area contributed by atoms with Gasteiger partial charge in [-0.2, -0.15) is 0 Å². The molecule has 0 bridgehead atoms. The molecule has 2 N–H and O–H groups in total. The Hall–Kier alpha value is -2.20. The van der Waals surface area contributed by atoms with Gasteiger partial charge in [-0.1, -0.05) is 18.2 Å². The third kappa shape index (κ3) is 3.47. The zero-order valence-electron chi connectivity index (χ0n) is 12.3. The van der Waals surface area contributed by atoms with Crippen molar-refractivity contribution in [3.8, 4) is 0 Å². The summed E-state index contributed by atoms with van der Waals surface area (Å²) in [6.07, 6.45) is 5.73. The second-order valence-electron chi connectivity index (χ2n) is 5.26. The minimum Gasteiger partial charge on any atom is -0.349 e. The van der Waals surface area contributed by atoms with Crippen LogP contribution in [0, 0.1) is 6.92 Å². The number of benzene rings is 1. The van der Waals surface area contributed by atoms with Gasteiger partial charge in [-0.15, -0.1) is 0 Å². The van der Waals surface area contributed by atoms with Crippen LogP contribution in [-0.2, 0) is 13.0 Å². The zero-order chi connectivity index (χ0) is 14.5. The van der Waals surface area contributed by atoms with Gasteiger partial charge in [-0.3, -0.25) is 4.98 Å². The maximum atomic E-state index is 4.57. The largest absolute Gasteiger partial charge is 0.349 e. The Morgan fingerprint density at radius 3 is 3.00 bits per heavy atom. The van der Waals surface area contributed by atoms with E-state index in [0.29, 0.717) is 0 Å². The van der Waals surface area contributed by atoms with Crippen molar-refractivity contribution in [2.75, 3.05) is 6.54 Å². The first-order valence-corrected chi connectivity index (χ1v) is 7.37. The molecule has 4 nitrogen and oxygen atoms in total. The minimum atomic E-state index is 0.877. The molecule has 1 aromatic carbocycles. The van der Waals surface area contributed by atoms with E-state index in [4.69, 9.17) is 0 Å². The number of nitrogens with zero attached hydrogens (tertiary/aromatic N) is 2. The van der Waals surface area contributed by atoms with Crippen LogP contribution in [0.2, 0.25) is 0 Å². The van der Waals surface area contributed by atoms with Crippen molar-refractivity contribution in [3.63, 3.8) is 0 Å². The predicted octanol–water partition coefficient (Wildman–Crippen LogP) is 2.99. The van der Waals surface area contributed by atoms with Gasteiger partial charge in [0.2, 0.25) is 0 Å². The number of para-hydroxylation sites is 1. The first-order valence-electron chi connectivity index (χ1n) is 7.37. The fraction of sp³-hybridized carbons (Fsp3) is 0.294. The third-order valence-electron chi connectivity index (χ3n) is 3.57. The molecule has 0 saturated heterocycles. The van der Waals surface area contributed by atoms with Crippen LogP contribution in [0.4, 0.5) is 0 Å². The van der Waals surface area contributed by atoms with E-state index in [1.165, 1.54) is 10.9 Å². The number of imidazole rings is 1. The molecule has 21 heavy (non-hydrogen) atoms. The van der Waals surface area contributed by atoms with Crippen molar-refractivity contribution in [2.24, 2.45) is 0 Å². The van der Waals surface area contributed by atoms with Crippen molar-refractivity contribution in [1.82, 2.24) is 20.3 Å². The lowest BCUT2D eigenvalue weighted by molar-refractivity contribution is 0.642. The molecule has 0 atom stereocenters. The molecular formula is C17H20N4. The summed E-state index contributed by atoms with van der Waals surface area (Å²) in [6, 6.07) is 10.5. The summed E-state index contributed by atoms with van der Waals surface area (Å²) < 4.78 is 0. The Labute approximate surface area is 124 Å². The number of H-pyrrole nitrogens is 1. The molecule has 0 aliphatic heterocycles. The highest BCUT2D eigenvalue weighted by molar-refractivity contribution is 5.82. The predicted molar refractivity (Wildman–Crippen MR) is 85.1 cm³/mol. The Bertz CT molecular complexity index is 704. The first-order chi connectivity index (χ1) is 10.3. The molecule has 4 heteroatoms. The van der Waals surface area contributed by atoms with Gasteiger partial charge < -0.3 is 10.3 Å². The van der Waals surface area contributed by atoms with Gasteiger partial charge in [0, 0.05) is 36.4 Å². The zero-order valence-corrected chi connectivity index (χ0v) is 12.3. The summed E-state index contributed by atoms with van der Waals surface area (Å²) in [5.41, 5.74) is 3.46. The molecule has 2 aromatic heterocycles. The average Bonchev–Trinajstić information content (AvgIpc) is 3.00. The van der Waals surface area contributed by atoms with E-state index in [-0.39, 0.29) is 0 Å². The van der Waals surface area contributed by atoms with Crippen LogP contribution in [0.3, 0.4) is 0 Å². The number of rotatable bonds is 6. The molecule has 3 rings (SSSR count). The molecule has 0 spiro atoms. The van der Waals surface area contributed by atoms with Crippen LogP contribution in [-0.4, -0.2) is 21.5 Å². The standard InChI is InChI=1S/C17H20N4/c1-13-11-14(15-5-2-3-6-16(15)21-13)12-18-8-4-7-17-19-9-10-20-17/h2-3,5-6,9-11,18H,4,7-8,12H2,1H3,(H,19,20). The normalized spacial score (nSPS) is 11.1. The van der Waals surface area contributed by atoms with Crippen LogP contribution >= 0.6 is 0 Å². The highest BCUT2D eigenvalue weighted by Crippen LogP contribution is 2.17. The lowest BCUT2D eigenvalue weighted by atomic mass is 10.1. The van der Waals surface area contributed by atoms with Crippen LogP contribution in [0.1, 0.15) is 23.5 Å². The molecule has 0 radical (unpaired) electrons. The van der Waals surface area contributed by atoms with E-state index in [0.717, 1.165) is 43.0 Å². The van der Waals surface area contributed by atoms with E-state index >= 15 is 0 Å². The van der Waals surface area contributed by atoms with Crippen molar-refractivity contribution < 1.29 is 0 Å². The third-order valence-corrected chi connectivity index (χ3v) is 3.57. The number of hydrogen-bond donors (Lipinski definition) is 2. The van der Waals surface area contributed by atoms with Gasteiger partial charge in [-0.25, -0.2) is 4.98 Å². The highest BCUT2D eigenvalue weighted by atomic mass is 14.9. The van der Waals surface area contributed by atoms with Crippen LogP contribution in [0.15, 0.2) is 42.7 Å². The summed E-state index contributed by atoms with van der Waals surface area (Å²) in [5.74, 6) is 1.06. The average molecular weight is 280 g/mol. The van der Waals surface area contributed by atoms with E-state index < -0.39 is 0 Å². The number of pyridine rings is 1. The van der Waals surface area contributed by atoms with Gasteiger partial charge in [0.25, 0.3) is 0 Å². The fourth-order valence-corrected chi connectivity index (χ4v) is 2.58. The highest BCUT2D eigenvalue weighted by Gasteiger charge is 2.03. The molecule has 2 heterocycles. The molecule has 0 fully saturated rings. The number of hydrogen-bond acceptors (Lipinski definition) is 3. The Balaban J connectivity index is 1.57. The number of nitrogens with one attached hydrogen (secondary N) is 2. The molecule has 0 aliphatic rings. The summed E-state index contributed by atoms with van der Waals surface area (Å²) in [7, 11) is 0. The monoisotopic (exact) mass is 280 g/mol. The number of aryl methyl sites for hydroxylation is 2. The Morgan fingerprint density at radius 2 is 2.14 bits per heavy atom. The van der Waals surface area contributed by atoms with Crippen molar-refractivity contribution >= 4 is 10.9 Å². The summed E-state index contributed by atoms with van der Waals surface area (Å²) in [6.45, 7) is 3.91. The maximum absolute atomic E-state index is 4.57. The van der Waals surface area contributed by atoms with E-state index in [1.807, 2.05) is 19.2 Å². The second kappa shape index (κ2) is 6.50. The molecule has 0 aliphatic carbocycles. The maximum Gasteiger partial charge on any atom is 0.106 e. The van der Waals surface area contributed by atoms with Gasteiger partial charge >= 0.3 is 0 Å². The quantitative estimate of drug-likeness (QED) is 0.682. The topological polar surface area (TPSA) is 53.6 Å². The van der Waals surface area contributed by atoms with Crippen molar-refractivity contribution in [3.05, 3.63) is 59.8 Å². The first kappa shape index (κ1) is 13.8. The van der Waals surface area contributed by atoms with Crippen LogP contribution < -0.4 is 5.32 Å². The van der Waals surface area contributed by atoms with Crippen LogP contribution in [0.25, 0.3) is 10.9 Å². The minimum absolute atomic E-state index is 0.877. The van der Waals surface area contributed by atoms with Crippen LogP contribution in [0.5, 0.6) is 0 Å². The summed E-state index contributed by atoms with van der Waals surface area (Å²) in [5, 5.41) is 4.75. The number of fused-ring (bicyclic) bond motifs is 1. The summed E-state index contributed by atoms with van der Waals surface area (Å²) in [4.78, 5) is 11.9. The second-order valence-corrected chi connectivity index (χ2v) is 5.26.